The van der Waals surface area contributed by atoms with E-state index in [1.165, 1.54) is 57.8 Å². The zero-order valence-electron chi connectivity index (χ0n) is 62.8. The average molecular weight is 1450 g/mol. The summed E-state index contributed by atoms with van der Waals surface area (Å²) in [6.07, 6.45) is 77.9. The maximum absolute atomic E-state index is 13.1. The Bertz CT molecular complexity index is 2320. The van der Waals surface area contributed by atoms with Gasteiger partial charge in [-0.3, -0.25) is 37.3 Å². The summed E-state index contributed by atoms with van der Waals surface area (Å²) in [5, 5.41) is 10.6. The highest BCUT2D eigenvalue weighted by Crippen LogP contribution is 2.45. The number of aliphatic hydroxyl groups excluding tert-OH is 1. The van der Waals surface area contributed by atoms with Gasteiger partial charge in [-0.2, -0.15) is 0 Å². The number of carbonyl (C=O) groups excluding carboxylic acids is 4. The minimum atomic E-state index is -4.98. The van der Waals surface area contributed by atoms with E-state index in [0.717, 1.165) is 186 Å². The van der Waals surface area contributed by atoms with Crippen LogP contribution in [0.3, 0.4) is 0 Å². The van der Waals surface area contributed by atoms with Crippen LogP contribution in [0.15, 0.2) is 109 Å². The zero-order valence-corrected chi connectivity index (χ0v) is 64.6. The van der Waals surface area contributed by atoms with E-state index in [9.17, 15) is 43.2 Å². The second-order valence-electron chi connectivity index (χ2n) is 25.9. The highest BCUT2D eigenvalue weighted by atomic mass is 31.2. The first-order valence-electron chi connectivity index (χ1n) is 39.1. The number of carbonyl (C=O) groups is 4. The highest BCUT2D eigenvalue weighted by Gasteiger charge is 2.30. The predicted molar refractivity (Wildman–Crippen MR) is 408 cm³/mol. The fourth-order valence-electron chi connectivity index (χ4n) is 10.3. The standard InChI is InChI=1S/C81H140O17P2/c1-5-9-13-17-21-25-29-32-35-36-37-38-41-43-47-50-54-58-62-66-79(84)92-72-77(98-81(86)68-64-60-56-52-48-44-40-34-31-27-23-19-15-11-7-3)74-96-100(89,90)94-70-75(82)69-93-99(87,88)95-73-76(97-80(85)67-63-59-55-51-45-28-24-20-16-12-8-4)71-91-78(83)65-61-57-53-49-46-42-39-33-30-26-22-18-14-10-6-2/h10-11,14-15,21-23,25-27,32-35,37-40,75-77,82H,5-9,12-13,16-20,24,28-31,36,41-74H2,1-4H3,(H,87,88)(H,89,90)/b14-10-,15-11-,25-21-,26-22-,27-23-,35-32-,38-37-,39-33-,40-34-. The molecule has 0 saturated carbocycles. The van der Waals surface area contributed by atoms with E-state index in [0.29, 0.717) is 25.7 Å². The van der Waals surface area contributed by atoms with E-state index < -0.39 is 97.5 Å². The molecule has 0 aliphatic carbocycles. The van der Waals surface area contributed by atoms with Crippen molar-refractivity contribution in [1.82, 2.24) is 0 Å². The first kappa shape index (κ1) is 95.7. The molecular formula is C81H140O17P2. The predicted octanol–water partition coefficient (Wildman–Crippen LogP) is 22.6. The van der Waals surface area contributed by atoms with Gasteiger partial charge >= 0.3 is 39.5 Å². The first-order chi connectivity index (χ1) is 48.7. The van der Waals surface area contributed by atoms with Crippen molar-refractivity contribution in [2.24, 2.45) is 0 Å². The summed E-state index contributed by atoms with van der Waals surface area (Å²) in [7, 11) is -9.96. The molecule has 0 amide bonds. The van der Waals surface area contributed by atoms with Crippen LogP contribution in [0.1, 0.15) is 323 Å². The third kappa shape index (κ3) is 72.1. The summed E-state index contributed by atoms with van der Waals surface area (Å²) in [6, 6.07) is 0. The van der Waals surface area contributed by atoms with E-state index in [1.54, 1.807) is 0 Å². The normalized spacial score (nSPS) is 14.5. The molecule has 3 N–H and O–H groups in total. The smallest absolute Gasteiger partial charge is 0.462 e. The number of esters is 4. The summed E-state index contributed by atoms with van der Waals surface area (Å²) < 4.78 is 68.5. The van der Waals surface area contributed by atoms with Crippen molar-refractivity contribution in [2.75, 3.05) is 39.6 Å². The van der Waals surface area contributed by atoms with Crippen molar-refractivity contribution in [3.8, 4) is 0 Å². The van der Waals surface area contributed by atoms with Gasteiger partial charge in [-0.1, -0.05) is 278 Å². The van der Waals surface area contributed by atoms with Crippen molar-refractivity contribution in [3.05, 3.63) is 109 Å². The molecular weight excluding hydrogens is 1310 g/mol. The lowest BCUT2D eigenvalue weighted by molar-refractivity contribution is -0.161. The number of phosphoric acid groups is 2. The molecule has 0 aromatic heterocycles. The Kier molecular flexibility index (Phi) is 69.9. The van der Waals surface area contributed by atoms with E-state index in [-0.39, 0.29) is 25.7 Å². The molecule has 0 aliphatic rings. The van der Waals surface area contributed by atoms with Crippen LogP contribution in [0, 0.1) is 0 Å². The van der Waals surface area contributed by atoms with Gasteiger partial charge in [0, 0.05) is 25.7 Å². The monoisotopic (exact) mass is 1450 g/mol. The van der Waals surface area contributed by atoms with E-state index in [2.05, 4.69) is 137 Å². The van der Waals surface area contributed by atoms with Crippen LogP contribution >= 0.6 is 15.6 Å². The van der Waals surface area contributed by atoms with Gasteiger partial charge in [-0.25, -0.2) is 9.13 Å². The van der Waals surface area contributed by atoms with Gasteiger partial charge in [0.05, 0.1) is 26.4 Å². The third-order valence-corrected chi connectivity index (χ3v) is 18.1. The number of rotatable bonds is 73. The van der Waals surface area contributed by atoms with Gasteiger partial charge in [0.15, 0.2) is 12.2 Å². The molecule has 0 aromatic carbocycles. The molecule has 576 valence electrons. The lowest BCUT2D eigenvalue weighted by Crippen LogP contribution is -2.30. The summed E-state index contributed by atoms with van der Waals surface area (Å²) in [5.41, 5.74) is 0. The molecule has 0 fully saturated rings. The quantitative estimate of drug-likeness (QED) is 0.0169. The van der Waals surface area contributed by atoms with Crippen LogP contribution in [-0.2, 0) is 65.4 Å². The minimum absolute atomic E-state index is 0.0715. The molecule has 5 unspecified atom stereocenters. The number of unbranched alkanes of at least 4 members (excludes halogenated alkanes) is 29. The maximum atomic E-state index is 13.1. The second kappa shape index (κ2) is 73.0. The van der Waals surface area contributed by atoms with Crippen molar-refractivity contribution in [3.63, 3.8) is 0 Å². The molecule has 0 aliphatic heterocycles. The second-order valence-corrected chi connectivity index (χ2v) is 28.8. The highest BCUT2D eigenvalue weighted by molar-refractivity contribution is 7.47. The van der Waals surface area contributed by atoms with Crippen LogP contribution in [0.25, 0.3) is 0 Å². The van der Waals surface area contributed by atoms with Gasteiger partial charge in [-0.15, -0.1) is 0 Å². The van der Waals surface area contributed by atoms with E-state index in [4.69, 9.17) is 37.0 Å². The fourth-order valence-corrected chi connectivity index (χ4v) is 11.9. The van der Waals surface area contributed by atoms with E-state index >= 15 is 0 Å². The van der Waals surface area contributed by atoms with Crippen LogP contribution < -0.4 is 0 Å². The van der Waals surface area contributed by atoms with Gasteiger partial charge in [-0.05, 0) is 128 Å². The molecule has 17 nitrogen and oxygen atoms in total. The SMILES string of the molecule is CC/C=C\C/C=C\C/C=C\CCCCCCCC(=O)OCC(COP(=O)(O)OCC(O)COP(=O)(O)OCC(COC(=O)CCCCCCCC/C=C\C/C=C\C/C=C\CCCCC)OC(=O)CCCCCCC/C=C\C/C=C\C/C=C\CC)OC(=O)CCCCCCCCCCCCC. The molecule has 0 radical (unpaired) electrons. The summed E-state index contributed by atoms with van der Waals surface area (Å²) >= 11 is 0. The molecule has 0 aromatic rings. The Balaban J connectivity index is 5.35. The summed E-state index contributed by atoms with van der Waals surface area (Å²) in [5.74, 6) is -2.21. The zero-order chi connectivity index (χ0) is 73.2. The Hall–Kier alpha value is -4.28. The van der Waals surface area contributed by atoms with E-state index in [1.807, 2.05) is 0 Å². The number of allylic oxidation sites excluding steroid dienone is 18. The Morgan fingerprint density at radius 2 is 0.520 bits per heavy atom. The molecule has 0 rings (SSSR count). The molecule has 5 atom stereocenters. The summed E-state index contributed by atoms with van der Waals surface area (Å²) in [6.45, 7) is 4.58. The number of hydrogen-bond donors (Lipinski definition) is 3. The molecule has 100 heavy (non-hydrogen) atoms. The number of hydrogen-bond acceptors (Lipinski definition) is 15. The van der Waals surface area contributed by atoms with Gasteiger partial charge < -0.3 is 33.8 Å². The Morgan fingerprint density at radius 3 is 0.820 bits per heavy atom. The molecule has 19 heteroatoms. The average Bonchev–Trinajstić information content (AvgIpc) is 0.945. The number of phosphoric ester groups is 2. The van der Waals surface area contributed by atoms with Crippen LogP contribution in [0.4, 0.5) is 0 Å². The van der Waals surface area contributed by atoms with Gasteiger partial charge in [0.1, 0.15) is 19.3 Å². The van der Waals surface area contributed by atoms with Crippen molar-refractivity contribution >= 4 is 39.5 Å². The first-order valence-corrected chi connectivity index (χ1v) is 42.1. The maximum Gasteiger partial charge on any atom is 0.472 e. The minimum Gasteiger partial charge on any atom is -0.462 e. The molecule has 0 heterocycles. The third-order valence-electron chi connectivity index (χ3n) is 16.2. The molecule has 0 spiro atoms. The van der Waals surface area contributed by atoms with Gasteiger partial charge in [0.2, 0.25) is 0 Å². The van der Waals surface area contributed by atoms with Gasteiger partial charge in [0.25, 0.3) is 0 Å². The number of ether oxygens (including phenoxy) is 4. The molecule has 0 bridgehead atoms. The number of aliphatic hydroxyl groups is 1. The van der Waals surface area contributed by atoms with Crippen LogP contribution in [-0.4, -0.2) is 96.7 Å². The van der Waals surface area contributed by atoms with Crippen LogP contribution in [0.2, 0.25) is 0 Å². The Morgan fingerprint density at radius 1 is 0.290 bits per heavy atom. The topological polar surface area (TPSA) is 237 Å². The Labute approximate surface area is 607 Å². The molecule has 0 saturated heterocycles. The largest absolute Gasteiger partial charge is 0.472 e. The van der Waals surface area contributed by atoms with Crippen molar-refractivity contribution < 1.29 is 80.2 Å². The van der Waals surface area contributed by atoms with Crippen LogP contribution in [0.5, 0.6) is 0 Å². The summed E-state index contributed by atoms with van der Waals surface area (Å²) in [4.78, 5) is 72.9. The van der Waals surface area contributed by atoms with Crippen molar-refractivity contribution in [2.45, 2.75) is 341 Å². The lowest BCUT2D eigenvalue weighted by Gasteiger charge is -2.21. The van der Waals surface area contributed by atoms with Crippen molar-refractivity contribution in [1.29, 1.82) is 0 Å². The fraction of sp³-hybridized carbons (Fsp3) is 0.728. The lowest BCUT2D eigenvalue weighted by atomic mass is 10.1.